The highest BCUT2D eigenvalue weighted by molar-refractivity contribution is 5.43. The predicted molar refractivity (Wildman–Crippen MR) is 181 cm³/mol. The molecule has 0 aliphatic heterocycles. The van der Waals surface area contributed by atoms with Crippen molar-refractivity contribution in [3.8, 4) is 0 Å². The molecule has 246 valence electrons. The molecule has 0 aromatic heterocycles. The Morgan fingerprint density at radius 3 is 0.978 bits per heavy atom. The summed E-state index contributed by atoms with van der Waals surface area (Å²) in [7, 11) is 0. The summed E-state index contributed by atoms with van der Waals surface area (Å²) in [5, 5.41) is 23.3. The molecule has 2 aromatic rings. The Morgan fingerprint density at radius 1 is 0.457 bits per heavy atom. The molecule has 6 heteroatoms. The second kappa shape index (κ2) is 9.44. The van der Waals surface area contributed by atoms with E-state index in [2.05, 4.69) is 52.0 Å². The third-order valence-corrected chi connectivity index (χ3v) is 16.1. The number of benzene rings is 2. The largest absolute Gasteiger partial charge is 0.269 e. The van der Waals surface area contributed by atoms with Gasteiger partial charge in [-0.2, -0.15) is 0 Å². The Labute approximate surface area is 274 Å². The summed E-state index contributed by atoms with van der Waals surface area (Å²) in [6, 6.07) is 15.6. The van der Waals surface area contributed by atoms with E-state index in [1.807, 2.05) is 0 Å². The summed E-state index contributed by atoms with van der Waals surface area (Å²) >= 11 is 0. The Bertz CT molecular complexity index is 1430. The van der Waals surface area contributed by atoms with Crippen molar-refractivity contribution in [1.82, 2.24) is 0 Å². The van der Waals surface area contributed by atoms with Crippen molar-refractivity contribution in [1.29, 1.82) is 0 Å². The van der Waals surface area contributed by atoms with E-state index in [0.717, 1.165) is 0 Å². The topological polar surface area (TPSA) is 86.3 Å². The van der Waals surface area contributed by atoms with Crippen LogP contribution in [0.2, 0.25) is 0 Å². The van der Waals surface area contributed by atoms with Crippen LogP contribution in [0, 0.1) is 52.7 Å². The third-order valence-electron chi connectivity index (χ3n) is 16.1. The Kier molecular flexibility index (Phi) is 6.27. The number of nitro groups is 2. The summed E-state index contributed by atoms with van der Waals surface area (Å²) in [6.45, 7) is 9.80. The van der Waals surface area contributed by atoms with Gasteiger partial charge in [0.25, 0.3) is 11.4 Å². The molecule has 4 unspecified atom stereocenters. The second-order valence-corrected chi connectivity index (χ2v) is 18.3. The highest BCUT2D eigenvalue weighted by atomic mass is 16.6. The van der Waals surface area contributed by atoms with E-state index < -0.39 is 0 Å². The lowest BCUT2D eigenvalue weighted by Crippen LogP contribution is -2.72. The molecule has 8 bridgehead atoms. The fraction of sp³-hybridized carbons (Fsp3) is 0.700. The van der Waals surface area contributed by atoms with Crippen LogP contribution in [0.3, 0.4) is 0 Å². The molecule has 46 heavy (non-hydrogen) atoms. The summed E-state index contributed by atoms with van der Waals surface area (Å²) in [6.07, 6.45) is 20.2. The van der Waals surface area contributed by atoms with Gasteiger partial charge in [-0.25, -0.2) is 0 Å². The van der Waals surface area contributed by atoms with Gasteiger partial charge in [-0.1, -0.05) is 77.6 Å². The summed E-state index contributed by atoms with van der Waals surface area (Å²) in [5.41, 5.74) is 4.96. The first-order chi connectivity index (χ1) is 21.8. The number of nitrogens with zero attached hydrogens (tertiary/aromatic N) is 2. The zero-order chi connectivity index (χ0) is 32.4. The first-order valence-corrected chi connectivity index (χ1v) is 18.3. The van der Waals surface area contributed by atoms with Gasteiger partial charge in [-0.3, -0.25) is 20.2 Å². The highest BCUT2D eigenvalue weighted by Crippen LogP contribution is 2.86. The molecule has 8 saturated carbocycles. The molecule has 10 rings (SSSR count). The Hall–Kier alpha value is -2.76. The highest BCUT2D eigenvalue weighted by Gasteiger charge is 2.77. The van der Waals surface area contributed by atoms with Gasteiger partial charge in [0.2, 0.25) is 0 Å². The van der Waals surface area contributed by atoms with Crippen molar-refractivity contribution < 1.29 is 9.85 Å². The summed E-state index contributed by atoms with van der Waals surface area (Å²) < 4.78 is 0. The molecule has 0 amide bonds. The fourth-order valence-corrected chi connectivity index (χ4v) is 15.2. The van der Waals surface area contributed by atoms with Crippen LogP contribution in [-0.2, 0) is 10.8 Å². The van der Waals surface area contributed by atoms with Crippen LogP contribution < -0.4 is 0 Å². The minimum absolute atomic E-state index is 0.0680. The zero-order valence-corrected chi connectivity index (χ0v) is 28.5. The minimum atomic E-state index is -0.256. The van der Waals surface area contributed by atoms with Crippen molar-refractivity contribution in [3.63, 3.8) is 0 Å². The van der Waals surface area contributed by atoms with Crippen molar-refractivity contribution in [2.75, 3.05) is 0 Å². The normalized spacial score (nSPS) is 44.9. The van der Waals surface area contributed by atoms with Crippen LogP contribution in [0.25, 0.3) is 0 Å². The van der Waals surface area contributed by atoms with Gasteiger partial charge in [0.15, 0.2) is 0 Å². The molecule has 0 radical (unpaired) electrons. The molecular weight excluding hydrogens is 572 g/mol. The number of rotatable bonds is 9. The molecule has 4 atom stereocenters. The molecule has 8 aliphatic rings. The fourth-order valence-electron chi connectivity index (χ4n) is 15.2. The zero-order valence-electron chi connectivity index (χ0n) is 28.5. The van der Waals surface area contributed by atoms with Gasteiger partial charge in [-0.05, 0) is 131 Å². The van der Waals surface area contributed by atoms with E-state index in [-0.39, 0.29) is 42.9 Å². The van der Waals surface area contributed by atoms with Crippen molar-refractivity contribution in [2.24, 2.45) is 32.5 Å². The summed E-state index contributed by atoms with van der Waals surface area (Å²) in [5.74, 6) is 0. The average molecular weight is 625 g/mol. The lowest BCUT2D eigenvalue weighted by Gasteiger charge is -2.81. The SMILES string of the molecule is CCC12CC3(CC)CC(c4ccc([N+](=O)[O-])cc4)(C1)CC(C14CC5(CC)CC(CC)(CC(c6ccc([N+](=O)[O-])cc6)(C5)C1)C4)(C2)C3. The molecule has 8 fully saturated rings. The first-order valence-electron chi connectivity index (χ1n) is 18.3. The van der Waals surface area contributed by atoms with E-state index in [4.69, 9.17) is 0 Å². The van der Waals surface area contributed by atoms with E-state index in [9.17, 15) is 20.2 Å². The lowest BCUT2D eigenvalue weighted by molar-refractivity contribution is -0.385. The van der Waals surface area contributed by atoms with E-state index in [1.54, 1.807) is 24.3 Å². The molecule has 2 aromatic carbocycles. The molecular formula is C40H52N2O4. The molecule has 6 nitrogen and oxygen atoms in total. The average Bonchev–Trinajstić information content (AvgIpc) is 3.04. The Balaban J connectivity index is 1.32. The van der Waals surface area contributed by atoms with Crippen molar-refractivity contribution in [2.45, 2.75) is 141 Å². The van der Waals surface area contributed by atoms with Crippen LogP contribution in [0.5, 0.6) is 0 Å². The quantitative estimate of drug-likeness (QED) is 0.205. The van der Waals surface area contributed by atoms with Crippen molar-refractivity contribution in [3.05, 3.63) is 79.9 Å². The summed E-state index contributed by atoms with van der Waals surface area (Å²) in [4.78, 5) is 22.8. The number of hydrogen-bond acceptors (Lipinski definition) is 4. The Morgan fingerprint density at radius 2 is 0.739 bits per heavy atom. The first kappa shape index (κ1) is 30.6. The van der Waals surface area contributed by atoms with Gasteiger partial charge in [-0.15, -0.1) is 0 Å². The maximum Gasteiger partial charge on any atom is 0.269 e. The predicted octanol–water partition coefficient (Wildman–Crippen LogP) is 11.0. The van der Waals surface area contributed by atoms with E-state index in [0.29, 0.717) is 21.7 Å². The number of non-ortho nitro benzene ring substituents is 2. The van der Waals surface area contributed by atoms with Gasteiger partial charge in [0.05, 0.1) is 9.85 Å². The molecule has 0 spiro atoms. The van der Waals surface area contributed by atoms with Gasteiger partial charge < -0.3 is 0 Å². The minimum Gasteiger partial charge on any atom is -0.258 e. The second-order valence-electron chi connectivity index (χ2n) is 18.3. The molecule has 0 heterocycles. The maximum absolute atomic E-state index is 11.7. The van der Waals surface area contributed by atoms with Crippen LogP contribution in [-0.4, -0.2) is 9.85 Å². The smallest absolute Gasteiger partial charge is 0.258 e. The van der Waals surface area contributed by atoms with Gasteiger partial charge in [0.1, 0.15) is 0 Å². The van der Waals surface area contributed by atoms with Crippen LogP contribution in [0.15, 0.2) is 48.5 Å². The third kappa shape index (κ3) is 3.94. The number of nitro benzene ring substituents is 2. The molecule has 0 N–H and O–H groups in total. The lowest BCUT2D eigenvalue weighted by atomic mass is 9.23. The van der Waals surface area contributed by atoms with E-state index in [1.165, 1.54) is 114 Å². The monoisotopic (exact) mass is 624 g/mol. The van der Waals surface area contributed by atoms with Gasteiger partial charge in [0, 0.05) is 24.3 Å². The van der Waals surface area contributed by atoms with Crippen LogP contribution in [0.1, 0.15) is 142 Å². The van der Waals surface area contributed by atoms with Crippen molar-refractivity contribution >= 4 is 11.4 Å². The molecule has 0 saturated heterocycles. The molecule has 8 aliphatic carbocycles. The van der Waals surface area contributed by atoms with Gasteiger partial charge >= 0.3 is 0 Å². The number of hydrogen-bond donors (Lipinski definition) is 0. The van der Waals surface area contributed by atoms with Crippen LogP contribution in [0.4, 0.5) is 11.4 Å². The van der Waals surface area contributed by atoms with Crippen LogP contribution >= 0.6 is 0 Å². The standard InChI is InChI=1S/C40H52N2O4/c1-5-33-17-34(6-2)20-37(19-33,29-9-13-31(14-10-29)41(43)44)27-39(23-33,24-34)40-25-35(7-3)18-36(8-4,26-40)22-38(21-35,28-40)30-11-15-32(16-12-30)42(45)46/h9-16H,5-8,17-28H2,1-4H3. The maximum atomic E-state index is 11.7. The van der Waals surface area contributed by atoms with E-state index >= 15 is 0 Å².